The number of carbonyl (C=O) groups is 1. The molecule has 0 atom stereocenters. The molecule has 5 nitrogen and oxygen atoms in total. The van der Waals surface area contributed by atoms with Crippen LogP contribution in [0.25, 0.3) is 10.9 Å². The summed E-state index contributed by atoms with van der Waals surface area (Å²) < 4.78 is 7.64. The van der Waals surface area contributed by atoms with E-state index >= 15 is 0 Å². The molecule has 2 heterocycles. The van der Waals surface area contributed by atoms with E-state index < -0.39 is 5.60 Å². The number of hydrogen-bond acceptors (Lipinski definition) is 3. The molecule has 0 spiro atoms. The molecule has 2 aromatic rings. The summed E-state index contributed by atoms with van der Waals surface area (Å²) >= 11 is 0. The van der Waals surface area contributed by atoms with Gasteiger partial charge in [0.2, 0.25) is 0 Å². The molecular formula is C19H27N3O2. The number of aromatic nitrogens is 1. The molecule has 1 aliphatic heterocycles. The van der Waals surface area contributed by atoms with Gasteiger partial charge in [-0.2, -0.15) is 0 Å². The van der Waals surface area contributed by atoms with E-state index in [2.05, 4.69) is 47.0 Å². The lowest BCUT2D eigenvalue weighted by atomic mass is 10.1. The zero-order chi connectivity index (χ0) is 17.3. The van der Waals surface area contributed by atoms with E-state index in [4.69, 9.17) is 4.74 Å². The van der Waals surface area contributed by atoms with Crippen LogP contribution in [0.5, 0.6) is 0 Å². The monoisotopic (exact) mass is 329 g/mol. The standard InChI is InChI=1S/C19H27N3O2/c1-19(2,3)24-18(23)22-11-9-21(10-12-22)14-15-13-20(4)17-8-6-5-7-16(15)17/h5-8,13H,9-12,14H2,1-4H3. The van der Waals surface area contributed by atoms with Gasteiger partial charge in [0.05, 0.1) is 0 Å². The maximum absolute atomic E-state index is 12.1. The van der Waals surface area contributed by atoms with Gasteiger partial charge in [0.25, 0.3) is 0 Å². The molecule has 1 amide bonds. The molecule has 1 aromatic heterocycles. The molecule has 3 rings (SSSR count). The van der Waals surface area contributed by atoms with Crippen molar-refractivity contribution in [2.75, 3.05) is 26.2 Å². The molecule has 0 N–H and O–H groups in total. The van der Waals surface area contributed by atoms with E-state index in [0.29, 0.717) is 0 Å². The van der Waals surface area contributed by atoms with Gasteiger partial charge in [0.15, 0.2) is 0 Å². The van der Waals surface area contributed by atoms with Crippen LogP contribution < -0.4 is 0 Å². The van der Waals surface area contributed by atoms with E-state index in [0.717, 1.165) is 32.7 Å². The van der Waals surface area contributed by atoms with Crippen molar-refractivity contribution in [1.82, 2.24) is 14.4 Å². The zero-order valence-electron chi connectivity index (χ0n) is 15.1. The van der Waals surface area contributed by atoms with Crippen LogP contribution in [0.3, 0.4) is 0 Å². The van der Waals surface area contributed by atoms with E-state index in [-0.39, 0.29) is 6.09 Å². The fourth-order valence-electron chi connectivity index (χ4n) is 3.21. The first-order valence-electron chi connectivity index (χ1n) is 8.57. The van der Waals surface area contributed by atoms with Crippen molar-refractivity contribution in [2.24, 2.45) is 7.05 Å². The Morgan fingerprint density at radius 1 is 1.12 bits per heavy atom. The first kappa shape index (κ1) is 16.8. The third kappa shape index (κ3) is 3.73. The maximum atomic E-state index is 12.1. The van der Waals surface area contributed by atoms with Crippen LogP contribution in [0.4, 0.5) is 4.79 Å². The van der Waals surface area contributed by atoms with Crippen LogP contribution in [-0.4, -0.2) is 52.2 Å². The minimum absolute atomic E-state index is 0.202. The summed E-state index contributed by atoms with van der Waals surface area (Å²) in [7, 11) is 2.09. The van der Waals surface area contributed by atoms with E-state index in [1.54, 1.807) is 0 Å². The highest BCUT2D eigenvalue weighted by molar-refractivity contribution is 5.83. The average Bonchev–Trinajstić information content (AvgIpc) is 2.83. The van der Waals surface area contributed by atoms with E-state index in [1.807, 2.05) is 25.7 Å². The Morgan fingerprint density at radius 3 is 2.46 bits per heavy atom. The molecule has 130 valence electrons. The number of carbonyl (C=O) groups excluding carboxylic acids is 1. The molecule has 5 heteroatoms. The quantitative estimate of drug-likeness (QED) is 0.849. The second-order valence-corrected chi connectivity index (χ2v) is 7.53. The molecule has 1 aromatic carbocycles. The molecule has 0 radical (unpaired) electrons. The minimum atomic E-state index is -0.433. The Labute approximate surface area is 143 Å². The first-order chi connectivity index (χ1) is 11.3. The van der Waals surface area contributed by atoms with Crippen molar-refractivity contribution in [2.45, 2.75) is 32.9 Å². The summed E-state index contributed by atoms with van der Waals surface area (Å²) in [6, 6.07) is 8.50. The number of piperazine rings is 1. The predicted molar refractivity (Wildman–Crippen MR) is 96.0 cm³/mol. The molecular weight excluding hydrogens is 302 g/mol. The largest absolute Gasteiger partial charge is 0.444 e. The maximum Gasteiger partial charge on any atom is 0.410 e. The molecule has 1 fully saturated rings. The zero-order valence-corrected chi connectivity index (χ0v) is 15.1. The summed E-state index contributed by atoms with van der Waals surface area (Å²) in [5, 5.41) is 1.31. The number of ether oxygens (including phenoxy) is 1. The van der Waals surface area contributed by atoms with Gasteiger partial charge in [0, 0.05) is 56.9 Å². The van der Waals surface area contributed by atoms with Gasteiger partial charge in [-0.3, -0.25) is 4.90 Å². The van der Waals surface area contributed by atoms with Crippen LogP contribution in [0.15, 0.2) is 30.5 Å². The topological polar surface area (TPSA) is 37.7 Å². The van der Waals surface area contributed by atoms with Crippen molar-refractivity contribution in [1.29, 1.82) is 0 Å². The second-order valence-electron chi connectivity index (χ2n) is 7.53. The van der Waals surface area contributed by atoms with Crippen LogP contribution in [0, 0.1) is 0 Å². The third-order valence-electron chi connectivity index (χ3n) is 4.40. The Hall–Kier alpha value is -2.01. The van der Waals surface area contributed by atoms with Crippen LogP contribution in [0.1, 0.15) is 26.3 Å². The van der Waals surface area contributed by atoms with Crippen molar-refractivity contribution in [3.8, 4) is 0 Å². The highest BCUT2D eigenvalue weighted by Gasteiger charge is 2.26. The molecule has 1 aliphatic rings. The van der Waals surface area contributed by atoms with Crippen molar-refractivity contribution >= 4 is 17.0 Å². The van der Waals surface area contributed by atoms with Gasteiger partial charge >= 0.3 is 6.09 Å². The Bertz CT molecular complexity index is 722. The van der Waals surface area contributed by atoms with E-state index in [1.165, 1.54) is 16.5 Å². The lowest BCUT2D eigenvalue weighted by molar-refractivity contribution is 0.0139. The SMILES string of the molecule is Cn1cc(CN2CCN(C(=O)OC(C)(C)C)CC2)c2ccccc21. The summed E-state index contributed by atoms with van der Waals surface area (Å²) in [6.45, 7) is 9.83. The lowest BCUT2D eigenvalue weighted by Crippen LogP contribution is -2.49. The lowest BCUT2D eigenvalue weighted by Gasteiger charge is -2.35. The van der Waals surface area contributed by atoms with Crippen molar-refractivity contribution < 1.29 is 9.53 Å². The highest BCUT2D eigenvalue weighted by Crippen LogP contribution is 2.22. The summed E-state index contributed by atoms with van der Waals surface area (Å²) in [5.41, 5.74) is 2.18. The van der Waals surface area contributed by atoms with Crippen LogP contribution in [-0.2, 0) is 18.3 Å². The highest BCUT2D eigenvalue weighted by atomic mass is 16.6. The van der Waals surface area contributed by atoms with Gasteiger partial charge in [-0.05, 0) is 32.4 Å². The number of para-hydroxylation sites is 1. The number of aryl methyl sites for hydroxylation is 1. The smallest absolute Gasteiger partial charge is 0.410 e. The van der Waals surface area contributed by atoms with Gasteiger partial charge in [-0.25, -0.2) is 4.79 Å². The molecule has 0 unspecified atom stereocenters. The van der Waals surface area contributed by atoms with Gasteiger partial charge < -0.3 is 14.2 Å². The third-order valence-corrected chi connectivity index (χ3v) is 4.40. The number of hydrogen-bond donors (Lipinski definition) is 0. The van der Waals surface area contributed by atoms with E-state index in [9.17, 15) is 4.79 Å². The fourth-order valence-corrected chi connectivity index (χ4v) is 3.21. The normalized spacial score (nSPS) is 16.6. The number of fused-ring (bicyclic) bond motifs is 1. The summed E-state index contributed by atoms with van der Waals surface area (Å²) in [4.78, 5) is 16.4. The minimum Gasteiger partial charge on any atom is -0.444 e. The number of benzene rings is 1. The van der Waals surface area contributed by atoms with Crippen molar-refractivity contribution in [3.63, 3.8) is 0 Å². The molecule has 0 aliphatic carbocycles. The van der Waals surface area contributed by atoms with Gasteiger partial charge in [-0.1, -0.05) is 18.2 Å². The number of rotatable bonds is 2. The van der Waals surface area contributed by atoms with Gasteiger partial charge in [0.1, 0.15) is 5.60 Å². The average molecular weight is 329 g/mol. The number of nitrogens with zero attached hydrogens (tertiary/aromatic N) is 3. The second kappa shape index (κ2) is 6.48. The first-order valence-corrected chi connectivity index (χ1v) is 8.57. The molecule has 1 saturated heterocycles. The summed E-state index contributed by atoms with van der Waals surface area (Å²) in [5.74, 6) is 0. The number of amides is 1. The van der Waals surface area contributed by atoms with Crippen LogP contribution >= 0.6 is 0 Å². The molecule has 0 bridgehead atoms. The summed E-state index contributed by atoms with van der Waals surface area (Å²) in [6.07, 6.45) is 2.01. The van der Waals surface area contributed by atoms with Crippen molar-refractivity contribution in [3.05, 3.63) is 36.0 Å². The predicted octanol–water partition coefficient (Wildman–Crippen LogP) is 3.23. The van der Waals surface area contributed by atoms with Crippen LogP contribution in [0.2, 0.25) is 0 Å². The molecule has 0 saturated carbocycles. The Morgan fingerprint density at radius 2 is 1.79 bits per heavy atom. The Balaban J connectivity index is 1.60. The Kier molecular flexibility index (Phi) is 4.54. The van der Waals surface area contributed by atoms with Gasteiger partial charge in [-0.15, -0.1) is 0 Å². The fraction of sp³-hybridized carbons (Fsp3) is 0.526. The molecule has 24 heavy (non-hydrogen) atoms.